The van der Waals surface area contributed by atoms with Gasteiger partial charge in [0, 0.05) is 0 Å². The van der Waals surface area contributed by atoms with Gasteiger partial charge >= 0.3 is 0 Å². The second-order valence-electron chi connectivity index (χ2n) is 1.89. The highest BCUT2D eigenvalue weighted by Gasteiger charge is 2.12. The summed E-state index contributed by atoms with van der Waals surface area (Å²) < 4.78 is 0. The molecule has 0 nitrogen and oxygen atoms in total. The normalized spacial score (nSPS) is 10.4. The average Bonchev–Trinajstić information content (AvgIpc) is 2.01. The van der Waals surface area contributed by atoms with Crippen molar-refractivity contribution in [2.24, 2.45) is 0 Å². The number of hydrogen-bond acceptors (Lipinski definition) is 2. The molecular formula is C6H2Cl4S2. The number of hydrogen-bond donors (Lipinski definition) is 1. The zero-order valence-corrected chi connectivity index (χ0v) is 10.2. The monoisotopic (exact) mass is 278 g/mol. The molecule has 0 unspecified atom stereocenters. The van der Waals surface area contributed by atoms with Crippen molar-refractivity contribution in [2.75, 3.05) is 0 Å². The number of halogens is 4. The lowest BCUT2D eigenvalue weighted by Gasteiger charge is -2.05. The zero-order valence-electron chi connectivity index (χ0n) is 5.44. The summed E-state index contributed by atoms with van der Waals surface area (Å²) in [6, 6.07) is 1.54. The fourth-order valence-electron chi connectivity index (χ4n) is 0.633. The van der Waals surface area contributed by atoms with E-state index in [-0.39, 0.29) is 0 Å². The minimum Gasteiger partial charge on any atom is -0.106 e. The molecule has 0 atom stereocenters. The molecule has 0 heterocycles. The lowest BCUT2D eigenvalue weighted by atomic mass is 10.3. The Morgan fingerprint density at radius 3 is 2.08 bits per heavy atom. The molecule has 0 spiro atoms. The molecule has 12 heavy (non-hydrogen) atoms. The molecule has 0 N–H and O–H groups in total. The molecule has 1 rings (SSSR count). The second kappa shape index (κ2) is 4.54. The van der Waals surface area contributed by atoms with Crippen molar-refractivity contribution in [3.63, 3.8) is 0 Å². The minimum absolute atomic E-state index is 0.305. The van der Waals surface area contributed by atoms with E-state index in [0.717, 1.165) is 10.8 Å². The molecule has 0 fully saturated rings. The molecular weight excluding hydrogens is 278 g/mol. The van der Waals surface area contributed by atoms with Crippen LogP contribution in [0.25, 0.3) is 0 Å². The predicted molar refractivity (Wildman–Crippen MR) is 61.3 cm³/mol. The fraction of sp³-hybridized carbons (Fsp3) is 0. The Morgan fingerprint density at radius 1 is 1.00 bits per heavy atom. The van der Waals surface area contributed by atoms with E-state index in [1.807, 2.05) is 0 Å². The topological polar surface area (TPSA) is 0 Å². The fourth-order valence-corrected chi connectivity index (χ4v) is 3.05. The summed E-state index contributed by atoms with van der Waals surface area (Å²) in [6.07, 6.45) is 0. The molecule has 0 amide bonds. The van der Waals surface area contributed by atoms with Gasteiger partial charge in [-0.25, -0.2) is 0 Å². The SMILES string of the molecule is SSc1c(Cl)cc(Cl)c(Cl)c1Cl. The van der Waals surface area contributed by atoms with E-state index >= 15 is 0 Å². The summed E-state index contributed by atoms with van der Waals surface area (Å²) in [5.74, 6) is 0. The van der Waals surface area contributed by atoms with Crippen LogP contribution in [0.3, 0.4) is 0 Å². The third-order valence-electron chi connectivity index (χ3n) is 1.16. The zero-order chi connectivity index (χ0) is 9.30. The molecule has 0 aliphatic heterocycles. The molecule has 6 heteroatoms. The summed E-state index contributed by atoms with van der Waals surface area (Å²) in [4.78, 5) is 0.621. The lowest BCUT2D eigenvalue weighted by molar-refractivity contribution is 1.47. The second-order valence-corrected chi connectivity index (χ2v) is 4.60. The van der Waals surface area contributed by atoms with Gasteiger partial charge in [-0.2, -0.15) is 0 Å². The van der Waals surface area contributed by atoms with Gasteiger partial charge in [0.2, 0.25) is 0 Å². The van der Waals surface area contributed by atoms with Gasteiger partial charge in [0.1, 0.15) is 0 Å². The van der Waals surface area contributed by atoms with Crippen LogP contribution < -0.4 is 0 Å². The Kier molecular flexibility index (Phi) is 4.22. The predicted octanol–water partition coefficient (Wildman–Crippen LogP) is 5.24. The van der Waals surface area contributed by atoms with E-state index in [1.54, 1.807) is 0 Å². The Morgan fingerprint density at radius 2 is 1.58 bits per heavy atom. The quantitative estimate of drug-likeness (QED) is 0.318. The minimum atomic E-state index is 0.305. The first-order valence-electron chi connectivity index (χ1n) is 2.72. The molecule has 0 radical (unpaired) electrons. The van der Waals surface area contributed by atoms with E-state index in [2.05, 4.69) is 11.7 Å². The van der Waals surface area contributed by atoms with Crippen LogP contribution in [0.15, 0.2) is 11.0 Å². The van der Waals surface area contributed by atoms with Gasteiger partial charge in [-0.05, 0) is 6.07 Å². The van der Waals surface area contributed by atoms with Gasteiger partial charge < -0.3 is 0 Å². The Bertz CT molecular complexity index is 313. The van der Waals surface area contributed by atoms with Gasteiger partial charge in [-0.3, -0.25) is 0 Å². The van der Waals surface area contributed by atoms with E-state index in [9.17, 15) is 0 Å². The smallest absolute Gasteiger partial charge is 0.0791 e. The maximum Gasteiger partial charge on any atom is 0.0791 e. The lowest BCUT2D eigenvalue weighted by Crippen LogP contribution is -1.78. The van der Waals surface area contributed by atoms with Gasteiger partial charge in [-0.15, -0.1) is 11.7 Å². The van der Waals surface area contributed by atoms with Crippen LogP contribution in [0, 0.1) is 0 Å². The van der Waals surface area contributed by atoms with Gasteiger partial charge in [0.05, 0.1) is 25.0 Å². The average molecular weight is 280 g/mol. The highest BCUT2D eigenvalue weighted by molar-refractivity contribution is 8.68. The van der Waals surface area contributed by atoms with Crippen LogP contribution in [0.1, 0.15) is 0 Å². The Balaban J connectivity index is 3.40. The summed E-state index contributed by atoms with van der Waals surface area (Å²) in [5.41, 5.74) is 0. The number of thiol groups is 1. The van der Waals surface area contributed by atoms with Crippen LogP contribution in [0.5, 0.6) is 0 Å². The third-order valence-corrected chi connectivity index (χ3v) is 4.10. The first-order chi connectivity index (χ1) is 5.57. The van der Waals surface area contributed by atoms with E-state index in [4.69, 9.17) is 46.4 Å². The summed E-state index contributed by atoms with van der Waals surface area (Å²) in [6.45, 7) is 0. The van der Waals surface area contributed by atoms with E-state index in [1.165, 1.54) is 6.07 Å². The molecule has 0 bridgehead atoms. The molecule has 0 aliphatic rings. The standard InChI is InChI=1S/C6H2Cl4S2/c7-2-1-3(8)6(12-11)5(10)4(2)9/h1,11H. The Hall–Kier alpha value is 1.08. The van der Waals surface area contributed by atoms with Crippen LogP contribution in [0.2, 0.25) is 20.1 Å². The van der Waals surface area contributed by atoms with Crippen molar-refractivity contribution in [3.05, 3.63) is 26.2 Å². The van der Waals surface area contributed by atoms with Crippen molar-refractivity contribution < 1.29 is 0 Å². The number of benzene rings is 1. The van der Waals surface area contributed by atoms with Crippen molar-refractivity contribution >= 4 is 68.9 Å². The van der Waals surface area contributed by atoms with Gasteiger partial charge in [-0.1, -0.05) is 57.2 Å². The molecule has 0 saturated carbocycles. The van der Waals surface area contributed by atoms with E-state index < -0.39 is 0 Å². The van der Waals surface area contributed by atoms with Crippen LogP contribution in [-0.4, -0.2) is 0 Å². The van der Waals surface area contributed by atoms with Gasteiger partial charge in [0.15, 0.2) is 0 Å². The molecule has 0 aromatic heterocycles. The van der Waals surface area contributed by atoms with Crippen LogP contribution in [0.4, 0.5) is 0 Å². The molecule has 0 saturated heterocycles. The Labute approximate surface area is 99.3 Å². The maximum absolute atomic E-state index is 5.83. The van der Waals surface area contributed by atoms with Crippen LogP contribution >= 0.6 is 68.9 Å². The largest absolute Gasteiger partial charge is 0.106 e. The maximum atomic E-state index is 5.83. The van der Waals surface area contributed by atoms with E-state index in [0.29, 0.717) is 25.0 Å². The van der Waals surface area contributed by atoms with Crippen molar-refractivity contribution in [3.8, 4) is 0 Å². The molecule has 0 aliphatic carbocycles. The first kappa shape index (κ1) is 11.2. The highest BCUT2D eigenvalue weighted by atomic mass is 35.5. The summed E-state index contributed by atoms with van der Waals surface area (Å²) >= 11 is 27.1. The van der Waals surface area contributed by atoms with Crippen molar-refractivity contribution in [2.45, 2.75) is 4.90 Å². The van der Waals surface area contributed by atoms with Crippen LogP contribution in [-0.2, 0) is 0 Å². The van der Waals surface area contributed by atoms with Crippen molar-refractivity contribution in [1.82, 2.24) is 0 Å². The summed E-state index contributed by atoms with van der Waals surface area (Å²) in [5, 5.41) is 1.45. The van der Waals surface area contributed by atoms with Crippen molar-refractivity contribution in [1.29, 1.82) is 0 Å². The molecule has 1 aromatic carbocycles. The summed E-state index contributed by atoms with van der Waals surface area (Å²) in [7, 11) is 1.13. The number of rotatable bonds is 1. The molecule has 1 aromatic rings. The highest BCUT2D eigenvalue weighted by Crippen LogP contribution is 2.43. The van der Waals surface area contributed by atoms with Gasteiger partial charge in [0.25, 0.3) is 0 Å². The first-order valence-corrected chi connectivity index (χ1v) is 6.10. The third kappa shape index (κ3) is 2.11. The molecule has 66 valence electrons.